The van der Waals surface area contributed by atoms with E-state index < -0.39 is 18.1 Å². The number of nitrogens with zero attached hydrogens (tertiary/aromatic N) is 2. The lowest BCUT2D eigenvalue weighted by molar-refractivity contribution is -0.141. The molecule has 3 rings (SSSR count). The number of rotatable bonds is 10. The number of carboxylic acids is 1. The summed E-state index contributed by atoms with van der Waals surface area (Å²) in [6.45, 7) is 0.401. The second-order valence-electron chi connectivity index (χ2n) is 8.53. The third-order valence-electron chi connectivity index (χ3n) is 6.16. The minimum Gasteiger partial charge on any atom is -0.480 e. The number of carbonyl (C=O) groups is 3. The Kier molecular flexibility index (Phi) is 8.57. The molecule has 2 amide bonds. The molecule has 1 aliphatic heterocycles. The van der Waals surface area contributed by atoms with Gasteiger partial charge in [-0.05, 0) is 25.2 Å². The molecule has 32 heavy (non-hydrogen) atoms. The molecule has 1 aromatic heterocycles. The number of amidine groups is 1. The monoisotopic (exact) mass is 464 g/mol. The van der Waals surface area contributed by atoms with Crippen molar-refractivity contribution in [1.29, 1.82) is 5.41 Å². The molecule has 2 fully saturated rings. The highest BCUT2D eigenvalue weighted by Crippen LogP contribution is 2.29. The average Bonchev–Trinajstić information content (AvgIpc) is 3.45. The van der Waals surface area contributed by atoms with E-state index >= 15 is 0 Å². The van der Waals surface area contributed by atoms with Crippen molar-refractivity contribution in [2.75, 3.05) is 13.1 Å². The summed E-state index contributed by atoms with van der Waals surface area (Å²) in [6, 6.07) is -1.17. The molecule has 1 aromatic rings. The van der Waals surface area contributed by atoms with Crippen LogP contribution in [0.3, 0.4) is 0 Å². The molecule has 0 bridgehead atoms. The number of hydrogen-bond acceptors (Lipinski definition) is 7. The summed E-state index contributed by atoms with van der Waals surface area (Å²) in [5.41, 5.74) is 6.04. The van der Waals surface area contributed by atoms with Gasteiger partial charge in [-0.1, -0.05) is 32.1 Å². The molecule has 0 radical (unpaired) electrons. The first-order valence-corrected chi connectivity index (χ1v) is 12.0. The molecule has 11 heteroatoms. The maximum absolute atomic E-state index is 13.3. The van der Waals surface area contributed by atoms with E-state index in [1.807, 2.05) is 0 Å². The van der Waals surface area contributed by atoms with E-state index in [9.17, 15) is 14.4 Å². The molecule has 2 unspecified atom stereocenters. The normalized spacial score (nSPS) is 20.1. The molecule has 0 spiro atoms. The SMILES string of the molecule is N=C(N)c1nc(CNC(=O)C2CCCN2C(=O)C(CC2CCCCC2)NCC(=O)O)cs1. The number of aliphatic carboxylic acids is 1. The van der Waals surface area contributed by atoms with Gasteiger partial charge < -0.3 is 21.1 Å². The van der Waals surface area contributed by atoms with Crippen LogP contribution < -0.4 is 16.4 Å². The van der Waals surface area contributed by atoms with E-state index in [0.717, 1.165) is 32.1 Å². The van der Waals surface area contributed by atoms with E-state index in [2.05, 4.69) is 15.6 Å². The van der Waals surface area contributed by atoms with Crippen molar-refractivity contribution in [2.45, 2.75) is 70.0 Å². The zero-order valence-electron chi connectivity index (χ0n) is 18.1. The molecule has 2 heterocycles. The second kappa shape index (κ2) is 11.4. The number of nitrogen functional groups attached to an aromatic ring is 1. The minimum atomic E-state index is -1.00. The first-order valence-electron chi connectivity index (χ1n) is 11.2. The molecular formula is C21H32N6O4S. The number of nitrogens with one attached hydrogen (secondary N) is 3. The van der Waals surface area contributed by atoms with Crippen LogP contribution in [0.5, 0.6) is 0 Å². The Morgan fingerprint density at radius 2 is 2.00 bits per heavy atom. The summed E-state index contributed by atoms with van der Waals surface area (Å²) in [4.78, 5) is 43.1. The maximum Gasteiger partial charge on any atom is 0.317 e. The minimum absolute atomic E-state index is 0.113. The van der Waals surface area contributed by atoms with Crippen molar-refractivity contribution in [1.82, 2.24) is 20.5 Å². The average molecular weight is 465 g/mol. The molecular weight excluding hydrogens is 432 g/mol. The number of thiazole rings is 1. The quantitative estimate of drug-likeness (QED) is 0.255. The van der Waals surface area contributed by atoms with Gasteiger partial charge >= 0.3 is 5.97 Å². The fourth-order valence-electron chi connectivity index (χ4n) is 4.55. The van der Waals surface area contributed by atoms with Crippen molar-refractivity contribution in [3.05, 3.63) is 16.1 Å². The van der Waals surface area contributed by atoms with E-state index in [0.29, 0.717) is 36.0 Å². The number of amides is 2. The number of carbonyl (C=O) groups excluding carboxylic acids is 2. The molecule has 176 valence electrons. The molecule has 1 saturated heterocycles. The third kappa shape index (κ3) is 6.49. The lowest BCUT2D eigenvalue weighted by Gasteiger charge is -2.31. The number of hydrogen-bond donors (Lipinski definition) is 5. The Hall–Kier alpha value is -2.53. The summed E-state index contributed by atoms with van der Waals surface area (Å²) < 4.78 is 0. The Balaban J connectivity index is 1.61. The highest BCUT2D eigenvalue weighted by Gasteiger charge is 2.38. The van der Waals surface area contributed by atoms with Crippen LogP contribution >= 0.6 is 11.3 Å². The van der Waals surface area contributed by atoms with E-state index in [1.165, 1.54) is 17.8 Å². The number of nitrogens with two attached hydrogens (primary N) is 1. The predicted molar refractivity (Wildman–Crippen MR) is 120 cm³/mol. The van der Waals surface area contributed by atoms with Crippen molar-refractivity contribution in [3.8, 4) is 0 Å². The van der Waals surface area contributed by atoms with Gasteiger partial charge in [-0.3, -0.25) is 25.1 Å². The van der Waals surface area contributed by atoms with Crippen molar-refractivity contribution in [2.24, 2.45) is 11.7 Å². The second-order valence-corrected chi connectivity index (χ2v) is 9.39. The summed E-state index contributed by atoms with van der Waals surface area (Å²) in [7, 11) is 0. The van der Waals surface area contributed by atoms with Crippen molar-refractivity contribution in [3.63, 3.8) is 0 Å². The number of likely N-dealkylation sites (tertiary alicyclic amines) is 1. The molecule has 1 saturated carbocycles. The largest absolute Gasteiger partial charge is 0.480 e. The van der Waals surface area contributed by atoms with Crippen LogP contribution in [0.4, 0.5) is 0 Å². The summed E-state index contributed by atoms with van der Waals surface area (Å²) in [6.07, 6.45) is 7.49. The summed E-state index contributed by atoms with van der Waals surface area (Å²) in [5.74, 6) is -1.16. The first kappa shape index (κ1) is 24.1. The van der Waals surface area contributed by atoms with Crippen molar-refractivity contribution < 1.29 is 19.5 Å². The Morgan fingerprint density at radius 1 is 1.25 bits per heavy atom. The van der Waals surface area contributed by atoms with Crippen molar-refractivity contribution >= 4 is 35.0 Å². The van der Waals surface area contributed by atoms with Gasteiger partial charge in [0.25, 0.3) is 0 Å². The van der Waals surface area contributed by atoms with Gasteiger partial charge in [0, 0.05) is 11.9 Å². The fraction of sp³-hybridized carbons (Fsp3) is 0.667. The molecule has 0 aromatic carbocycles. The zero-order valence-corrected chi connectivity index (χ0v) is 19.0. The van der Waals surface area contributed by atoms with Crippen LogP contribution in [0.2, 0.25) is 0 Å². The molecule has 2 atom stereocenters. The highest BCUT2D eigenvalue weighted by molar-refractivity contribution is 7.11. The topological polar surface area (TPSA) is 162 Å². The Bertz CT molecular complexity index is 838. The molecule has 10 nitrogen and oxygen atoms in total. The summed E-state index contributed by atoms with van der Waals surface area (Å²) >= 11 is 1.24. The summed E-state index contributed by atoms with van der Waals surface area (Å²) in [5, 5.41) is 24.4. The van der Waals surface area contributed by atoms with Gasteiger partial charge in [-0.2, -0.15) is 0 Å². The van der Waals surface area contributed by atoms with E-state index in [4.69, 9.17) is 16.2 Å². The van der Waals surface area contributed by atoms with Gasteiger partial charge in [0.2, 0.25) is 11.8 Å². The van der Waals surface area contributed by atoms with Gasteiger partial charge in [0.1, 0.15) is 6.04 Å². The Morgan fingerprint density at radius 3 is 2.66 bits per heavy atom. The van der Waals surface area contributed by atoms with Crippen LogP contribution in [0.15, 0.2) is 5.38 Å². The van der Waals surface area contributed by atoms with Crippen LogP contribution in [0.25, 0.3) is 0 Å². The van der Waals surface area contributed by atoms with Gasteiger partial charge in [-0.15, -0.1) is 11.3 Å². The number of aromatic nitrogens is 1. The van der Waals surface area contributed by atoms with E-state index in [1.54, 1.807) is 10.3 Å². The lowest BCUT2D eigenvalue weighted by atomic mass is 9.84. The lowest BCUT2D eigenvalue weighted by Crippen LogP contribution is -2.53. The van der Waals surface area contributed by atoms with Gasteiger partial charge in [0.05, 0.1) is 24.8 Å². The molecule has 6 N–H and O–H groups in total. The van der Waals surface area contributed by atoms with E-state index in [-0.39, 0.29) is 30.7 Å². The van der Waals surface area contributed by atoms with Crippen LogP contribution in [0, 0.1) is 11.3 Å². The standard InChI is InChI=1S/C21H32N6O4S/c22-18(23)20-26-14(12-32-20)10-25-19(30)16-7-4-8-27(16)21(31)15(24-11-17(28)29)9-13-5-2-1-3-6-13/h12-13,15-16,24H,1-11H2,(H3,22,23)(H,25,30)(H,28,29). The smallest absolute Gasteiger partial charge is 0.317 e. The van der Waals surface area contributed by atoms with Crippen LogP contribution in [0.1, 0.15) is 62.1 Å². The number of carboxylic acid groups (broad SMARTS) is 1. The fourth-order valence-corrected chi connectivity index (χ4v) is 5.23. The van der Waals surface area contributed by atoms with Crippen LogP contribution in [-0.4, -0.2) is 63.8 Å². The first-order chi connectivity index (χ1) is 15.3. The van der Waals surface area contributed by atoms with Gasteiger partial charge in [-0.25, -0.2) is 4.98 Å². The molecule has 1 aliphatic carbocycles. The van der Waals surface area contributed by atoms with Gasteiger partial charge in [0.15, 0.2) is 10.8 Å². The predicted octanol–water partition coefficient (Wildman–Crippen LogP) is 1.05. The zero-order chi connectivity index (χ0) is 23.1. The highest BCUT2D eigenvalue weighted by atomic mass is 32.1. The Labute approximate surface area is 191 Å². The van der Waals surface area contributed by atoms with Crippen LogP contribution in [-0.2, 0) is 20.9 Å². The maximum atomic E-state index is 13.3. The third-order valence-corrected chi connectivity index (χ3v) is 7.08. The molecule has 2 aliphatic rings.